The van der Waals surface area contributed by atoms with E-state index in [4.69, 9.17) is 10.5 Å². The molecule has 0 bridgehead atoms. The molecular weight excluding hydrogens is 297 g/mol. The molecule has 6 heteroatoms. The standard InChI is InChI=1S/C17H26FN3O2/c1-2-4-15(19)17(22)20-12-16(21-7-9-23-10-8-21)13-5-3-6-14(18)11-13/h3,5-6,11,15-16H,2,4,7-10,12,19H2,1H3,(H,20,22). The van der Waals surface area contributed by atoms with Crippen LogP contribution >= 0.6 is 0 Å². The van der Waals surface area contributed by atoms with Gasteiger partial charge >= 0.3 is 0 Å². The van der Waals surface area contributed by atoms with Gasteiger partial charge in [0, 0.05) is 19.6 Å². The molecule has 3 N–H and O–H groups in total. The molecule has 1 aromatic rings. The lowest BCUT2D eigenvalue weighted by atomic mass is 10.0. The first-order valence-electron chi connectivity index (χ1n) is 8.22. The minimum atomic E-state index is -0.488. The molecule has 0 spiro atoms. The van der Waals surface area contributed by atoms with Crippen LogP contribution < -0.4 is 11.1 Å². The lowest BCUT2D eigenvalue weighted by molar-refractivity contribution is -0.122. The van der Waals surface area contributed by atoms with Gasteiger partial charge < -0.3 is 15.8 Å². The van der Waals surface area contributed by atoms with Crippen molar-refractivity contribution in [3.63, 3.8) is 0 Å². The molecule has 0 aromatic heterocycles. The van der Waals surface area contributed by atoms with E-state index in [0.717, 1.165) is 25.1 Å². The van der Waals surface area contributed by atoms with E-state index in [0.29, 0.717) is 26.2 Å². The van der Waals surface area contributed by atoms with Gasteiger partial charge in [0.05, 0.1) is 25.3 Å². The predicted octanol–water partition coefficient (Wildman–Crippen LogP) is 1.44. The van der Waals surface area contributed by atoms with Crippen molar-refractivity contribution in [3.05, 3.63) is 35.6 Å². The lowest BCUT2D eigenvalue weighted by Crippen LogP contribution is -2.47. The largest absolute Gasteiger partial charge is 0.379 e. The Morgan fingerprint density at radius 2 is 2.17 bits per heavy atom. The molecule has 1 amide bonds. The van der Waals surface area contributed by atoms with Gasteiger partial charge in [-0.15, -0.1) is 0 Å². The second kappa shape index (κ2) is 8.96. The van der Waals surface area contributed by atoms with Crippen molar-refractivity contribution in [1.29, 1.82) is 0 Å². The summed E-state index contributed by atoms with van der Waals surface area (Å²) in [6.07, 6.45) is 1.53. The van der Waals surface area contributed by atoms with Crippen LogP contribution in [0, 0.1) is 5.82 Å². The van der Waals surface area contributed by atoms with E-state index in [-0.39, 0.29) is 17.8 Å². The molecule has 0 aliphatic carbocycles. The van der Waals surface area contributed by atoms with Gasteiger partial charge in [0.15, 0.2) is 0 Å². The third-order valence-electron chi connectivity index (χ3n) is 4.13. The highest BCUT2D eigenvalue weighted by Crippen LogP contribution is 2.22. The van der Waals surface area contributed by atoms with Gasteiger partial charge in [0.1, 0.15) is 5.82 Å². The maximum atomic E-state index is 13.6. The number of benzene rings is 1. The third kappa shape index (κ3) is 5.27. The summed E-state index contributed by atoms with van der Waals surface area (Å²) >= 11 is 0. The fraction of sp³-hybridized carbons (Fsp3) is 0.588. The first kappa shape index (κ1) is 17.8. The zero-order chi connectivity index (χ0) is 16.7. The molecule has 1 fully saturated rings. The topological polar surface area (TPSA) is 67.6 Å². The maximum Gasteiger partial charge on any atom is 0.236 e. The SMILES string of the molecule is CCCC(N)C(=O)NCC(c1cccc(F)c1)N1CCOCC1. The summed E-state index contributed by atoms with van der Waals surface area (Å²) < 4.78 is 19.0. The Labute approximate surface area is 137 Å². The molecule has 2 atom stereocenters. The molecular formula is C17H26FN3O2. The number of rotatable bonds is 7. The van der Waals surface area contributed by atoms with Crippen LogP contribution in [0.2, 0.25) is 0 Å². The van der Waals surface area contributed by atoms with Gasteiger partial charge in [-0.1, -0.05) is 25.5 Å². The van der Waals surface area contributed by atoms with Gasteiger partial charge in [-0.3, -0.25) is 9.69 Å². The van der Waals surface area contributed by atoms with Crippen LogP contribution in [0.1, 0.15) is 31.4 Å². The van der Waals surface area contributed by atoms with Crippen LogP contribution in [0.15, 0.2) is 24.3 Å². The Morgan fingerprint density at radius 1 is 1.43 bits per heavy atom. The highest BCUT2D eigenvalue weighted by molar-refractivity contribution is 5.81. The molecule has 1 heterocycles. The summed E-state index contributed by atoms with van der Waals surface area (Å²) in [5.74, 6) is -0.420. The maximum absolute atomic E-state index is 13.6. The van der Waals surface area contributed by atoms with Crippen molar-refractivity contribution in [1.82, 2.24) is 10.2 Å². The lowest BCUT2D eigenvalue weighted by Gasteiger charge is -2.35. The number of ether oxygens (including phenoxy) is 1. The van der Waals surface area contributed by atoms with Crippen LogP contribution in [-0.4, -0.2) is 49.7 Å². The molecule has 2 rings (SSSR count). The number of hydrogen-bond acceptors (Lipinski definition) is 4. The summed E-state index contributed by atoms with van der Waals surface area (Å²) in [6.45, 7) is 5.23. The van der Waals surface area contributed by atoms with Crippen molar-refractivity contribution < 1.29 is 13.9 Å². The summed E-state index contributed by atoms with van der Waals surface area (Å²) in [6, 6.07) is 5.98. The molecule has 1 aliphatic heterocycles. The Morgan fingerprint density at radius 3 is 2.83 bits per heavy atom. The Kier molecular flexibility index (Phi) is 6.95. The second-order valence-corrected chi connectivity index (χ2v) is 5.86. The molecule has 1 saturated heterocycles. The van der Waals surface area contributed by atoms with Gasteiger partial charge in [0.25, 0.3) is 0 Å². The fourth-order valence-electron chi connectivity index (χ4n) is 2.83. The zero-order valence-electron chi connectivity index (χ0n) is 13.6. The molecule has 2 unspecified atom stereocenters. The molecule has 128 valence electrons. The van der Waals surface area contributed by atoms with Gasteiger partial charge in [-0.25, -0.2) is 4.39 Å². The quantitative estimate of drug-likeness (QED) is 0.797. The molecule has 1 aliphatic rings. The predicted molar refractivity (Wildman–Crippen MR) is 87.4 cm³/mol. The minimum Gasteiger partial charge on any atom is -0.379 e. The molecule has 0 radical (unpaired) electrons. The van der Waals surface area contributed by atoms with E-state index >= 15 is 0 Å². The summed E-state index contributed by atoms with van der Waals surface area (Å²) in [5.41, 5.74) is 6.71. The Hall–Kier alpha value is -1.50. The van der Waals surface area contributed by atoms with E-state index in [1.54, 1.807) is 6.07 Å². The summed E-state index contributed by atoms with van der Waals surface area (Å²) in [5, 5.41) is 2.91. The van der Waals surface area contributed by atoms with E-state index in [1.807, 2.05) is 13.0 Å². The van der Waals surface area contributed by atoms with Gasteiger partial charge in [-0.05, 0) is 24.1 Å². The number of nitrogens with zero attached hydrogens (tertiary/aromatic N) is 1. The number of carbonyl (C=O) groups is 1. The average molecular weight is 323 g/mol. The van der Waals surface area contributed by atoms with Crippen molar-refractivity contribution in [2.45, 2.75) is 31.8 Å². The smallest absolute Gasteiger partial charge is 0.236 e. The first-order valence-corrected chi connectivity index (χ1v) is 8.22. The second-order valence-electron chi connectivity index (χ2n) is 5.86. The van der Waals surface area contributed by atoms with Crippen molar-refractivity contribution in [3.8, 4) is 0 Å². The highest BCUT2D eigenvalue weighted by Gasteiger charge is 2.24. The number of nitrogens with one attached hydrogen (secondary N) is 1. The molecule has 23 heavy (non-hydrogen) atoms. The molecule has 0 saturated carbocycles. The minimum absolute atomic E-state index is 0.0765. The fourth-order valence-corrected chi connectivity index (χ4v) is 2.83. The van der Waals surface area contributed by atoms with E-state index < -0.39 is 6.04 Å². The monoisotopic (exact) mass is 323 g/mol. The van der Waals surface area contributed by atoms with Crippen molar-refractivity contribution in [2.75, 3.05) is 32.8 Å². The van der Waals surface area contributed by atoms with Crippen LogP contribution in [0.3, 0.4) is 0 Å². The summed E-state index contributed by atoms with van der Waals surface area (Å²) in [7, 11) is 0. The van der Waals surface area contributed by atoms with Crippen LogP contribution in [0.5, 0.6) is 0 Å². The Bertz CT molecular complexity index is 506. The molecule has 1 aromatic carbocycles. The van der Waals surface area contributed by atoms with Gasteiger partial charge in [-0.2, -0.15) is 0 Å². The highest BCUT2D eigenvalue weighted by atomic mass is 19.1. The van der Waals surface area contributed by atoms with Crippen molar-refractivity contribution in [2.24, 2.45) is 5.73 Å². The number of halogens is 1. The molecule has 5 nitrogen and oxygen atoms in total. The van der Waals surface area contributed by atoms with Gasteiger partial charge in [0.2, 0.25) is 5.91 Å². The van der Waals surface area contributed by atoms with Crippen molar-refractivity contribution >= 4 is 5.91 Å². The third-order valence-corrected chi connectivity index (χ3v) is 4.13. The first-order chi connectivity index (χ1) is 11.1. The average Bonchev–Trinajstić information content (AvgIpc) is 2.56. The van der Waals surface area contributed by atoms with E-state index in [9.17, 15) is 9.18 Å². The van der Waals surface area contributed by atoms with E-state index in [2.05, 4.69) is 10.2 Å². The van der Waals surface area contributed by atoms with E-state index in [1.165, 1.54) is 12.1 Å². The number of amides is 1. The van der Waals surface area contributed by atoms with Crippen LogP contribution in [0.4, 0.5) is 4.39 Å². The number of morpholine rings is 1. The number of carbonyl (C=O) groups excluding carboxylic acids is 1. The normalized spacial score (nSPS) is 18.4. The number of hydrogen-bond donors (Lipinski definition) is 2. The Balaban J connectivity index is 2.06. The van der Waals surface area contributed by atoms with Crippen LogP contribution in [-0.2, 0) is 9.53 Å². The summed E-state index contributed by atoms with van der Waals surface area (Å²) in [4.78, 5) is 14.3. The van der Waals surface area contributed by atoms with Crippen LogP contribution in [0.25, 0.3) is 0 Å². The number of nitrogens with two attached hydrogens (primary N) is 1. The zero-order valence-corrected chi connectivity index (χ0v) is 13.6.